The van der Waals surface area contributed by atoms with Crippen molar-refractivity contribution in [2.45, 2.75) is 51.3 Å². The molecule has 6 nitrogen and oxygen atoms in total. The summed E-state index contributed by atoms with van der Waals surface area (Å²) in [6.45, 7) is 6.83. The molecule has 0 aliphatic carbocycles. The Bertz CT molecular complexity index is 326. The van der Waals surface area contributed by atoms with Gasteiger partial charge >= 0.3 is 0 Å². The minimum atomic E-state index is -0.236. The van der Waals surface area contributed by atoms with Crippen LogP contribution in [-0.4, -0.2) is 49.7 Å². The van der Waals surface area contributed by atoms with Crippen molar-refractivity contribution in [2.75, 3.05) is 20.2 Å². The van der Waals surface area contributed by atoms with E-state index >= 15 is 0 Å². The molecule has 0 aromatic heterocycles. The molecule has 0 spiro atoms. The quantitative estimate of drug-likeness (QED) is 0.646. The minimum absolute atomic E-state index is 0.0538. The molecule has 1 heterocycles. The number of carbonyl (C=O) groups is 2. The number of hydrogen-bond donors (Lipinski definition) is 3. The second-order valence-electron chi connectivity index (χ2n) is 5.89. The van der Waals surface area contributed by atoms with E-state index in [1.165, 1.54) is 0 Å². The van der Waals surface area contributed by atoms with Crippen LogP contribution in [0, 0.1) is 0 Å². The number of amides is 2. The smallest absolute Gasteiger partial charge is 0.237 e. The van der Waals surface area contributed by atoms with Crippen LogP contribution in [0.2, 0.25) is 0 Å². The van der Waals surface area contributed by atoms with E-state index in [1.807, 2.05) is 20.8 Å². The van der Waals surface area contributed by atoms with Gasteiger partial charge in [0, 0.05) is 32.2 Å². The van der Waals surface area contributed by atoms with Crippen molar-refractivity contribution in [3.63, 3.8) is 0 Å². The van der Waals surface area contributed by atoms with E-state index in [9.17, 15) is 9.59 Å². The number of rotatable bonds is 5. The lowest BCUT2D eigenvalue weighted by Crippen LogP contribution is -2.44. The van der Waals surface area contributed by atoms with Gasteiger partial charge in [0.2, 0.25) is 11.8 Å². The van der Waals surface area contributed by atoms with E-state index in [0.717, 1.165) is 0 Å². The van der Waals surface area contributed by atoms with E-state index < -0.39 is 0 Å². The molecule has 1 saturated heterocycles. The molecule has 2 unspecified atom stereocenters. The van der Waals surface area contributed by atoms with E-state index in [4.69, 9.17) is 4.74 Å². The monoisotopic (exact) mass is 271 g/mol. The first-order valence-electron chi connectivity index (χ1n) is 6.66. The fourth-order valence-electron chi connectivity index (χ4n) is 1.99. The van der Waals surface area contributed by atoms with Gasteiger partial charge in [-0.15, -0.1) is 0 Å². The highest BCUT2D eigenvalue weighted by molar-refractivity contribution is 5.83. The van der Waals surface area contributed by atoms with E-state index in [1.54, 1.807) is 7.11 Å². The zero-order valence-corrected chi connectivity index (χ0v) is 12.2. The minimum Gasteiger partial charge on any atom is -0.380 e. The summed E-state index contributed by atoms with van der Waals surface area (Å²) in [5.74, 6) is -0.120. The number of nitrogens with one attached hydrogen (secondary N) is 3. The molecule has 19 heavy (non-hydrogen) atoms. The lowest BCUT2D eigenvalue weighted by Gasteiger charge is -2.20. The Labute approximate surface area is 114 Å². The molecule has 1 aliphatic heterocycles. The van der Waals surface area contributed by atoms with Crippen molar-refractivity contribution in [3.05, 3.63) is 0 Å². The van der Waals surface area contributed by atoms with Crippen molar-refractivity contribution in [1.82, 2.24) is 16.0 Å². The van der Waals surface area contributed by atoms with Crippen molar-refractivity contribution >= 4 is 11.8 Å². The highest BCUT2D eigenvalue weighted by atomic mass is 16.5. The van der Waals surface area contributed by atoms with Crippen molar-refractivity contribution in [2.24, 2.45) is 0 Å². The molecule has 1 aliphatic rings. The summed E-state index contributed by atoms with van der Waals surface area (Å²) in [7, 11) is 1.64. The number of hydrogen-bond acceptors (Lipinski definition) is 4. The molecule has 0 bridgehead atoms. The fraction of sp³-hybridized carbons (Fsp3) is 0.846. The summed E-state index contributed by atoms with van der Waals surface area (Å²) >= 11 is 0. The van der Waals surface area contributed by atoms with Crippen LogP contribution in [0.3, 0.4) is 0 Å². The first kappa shape index (κ1) is 15.9. The number of methoxy groups -OCH3 is 1. The number of carbonyl (C=O) groups excluding carboxylic acids is 2. The topological polar surface area (TPSA) is 79.5 Å². The van der Waals surface area contributed by atoms with Crippen molar-refractivity contribution in [1.29, 1.82) is 0 Å². The fourth-order valence-corrected chi connectivity index (χ4v) is 1.99. The SMILES string of the molecule is COC1CNC(C(=O)NCCC(=O)NC(C)(C)C)C1. The maximum atomic E-state index is 11.8. The Balaban J connectivity index is 2.19. The standard InChI is InChI=1S/C13H25N3O3/c1-13(2,3)16-11(17)5-6-14-12(18)10-7-9(19-4)8-15-10/h9-10,15H,5-8H2,1-4H3,(H,14,18)(H,16,17). The van der Waals surface area contributed by atoms with Gasteiger partial charge in [0.15, 0.2) is 0 Å². The van der Waals surface area contributed by atoms with Gasteiger partial charge in [0.1, 0.15) is 0 Å². The maximum absolute atomic E-state index is 11.8. The maximum Gasteiger partial charge on any atom is 0.237 e. The molecule has 1 fully saturated rings. The van der Waals surface area contributed by atoms with Crippen LogP contribution in [0.5, 0.6) is 0 Å². The Morgan fingerprint density at radius 1 is 1.37 bits per heavy atom. The van der Waals surface area contributed by atoms with Crippen LogP contribution in [0.15, 0.2) is 0 Å². The molecule has 2 amide bonds. The van der Waals surface area contributed by atoms with Gasteiger partial charge < -0.3 is 20.7 Å². The van der Waals surface area contributed by atoms with Gasteiger partial charge in [0.05, 0.1) is 12.1 Å². The largest absolute Gasteiger partial charge is 0.380 e. The van der Waals surface area contributed by atoms with Crippen LogP contribution >= 0.6 is 0 Å². The zero-order chi connectivity index (χ0) is 14.5. The molecule has 110 valence electrons. The number of ether oxygens (including phenoxy) is 1. The highest BCUT2D eigenvalue weighted by Gasteiger charge is 2.29. The predicted octanol–water partition coefficient (Wildman–Crippen LogP) is -0.216. The van der Waals surface area contributed by atoms with E-state index in [-0.39, 0.29) is 29.5 Å². The van der Waals surface area contributed by atoms with Gasteiger partial charge in [-0.1, -0.05) is 0 Å². The molecular formula is C13H25N3O3. The van der Waals surface area contributed by atoms with Gasteiger partial charge in [-0.25, -0.2) is 0 Å². The lowest BCUT2D eigenvalue weighted by atomic mass is 10.1. The summed E-state index contributed by atoms with van der Waals surface area (Å²) in [5, 5.41) is 8.72. The summed E-state index contributed by atoms with van der Waals surface area (Å²) in [5.41, 5.74) is -0.236. The molecule has 0 radical (unpaired) electrons. The van der Waals surface area contributed by atoms with Crippen LogP contribution < -0.4 is 16.0 Å². The van der Waals surface area contributed by atoms with Crippen LogP contribution in [0.25, 0.3) is 0 Å². The van der Waals surface area contributed by atoms with Gasteiger partial charge in [-0.3, -0.25) is 9.59 Å². The molecule has 2 atom stereocenters. The predicted molar refractivity (Wildman–Crippen MR) is 72.7 cm³/mol. The second kappa shape index (κ2) is 6.86. The third-order valence-corrected chi connectivity index (χ3v) is 2.91. The summed E-state index contributed by atoms with van der Waals surface area (Å²) in [6.07, 6.45) is 1.07. The average molecular weight is 271 g/mol. The van der Waals surface area contributed by atoms with Crippen molar-refractivity contribution < 1.29 is 14.3 Å². The van der Waals surface area contributed by atoms with Crippen molar-refractivity contribution in [3.8, 4) is 0 Å². The Morgan fingerprint density at radius 2 is 2.05 bits per heavy atom. The second-order valence-corrected chi connectivity index (χ2v) is 5.89. The summed E-state index contributed by atoms with van der Waals surface area (Å²) in [6, 6.07) is -0.212. The van der Waals surface area contributed by atoms with Crippen LogP contribution in [-0.2, 0) is 14.3 Å². The first-order chi connectivity index (χ1) is 8.81. The zero-order valence-electron chi connectivity index (χ0n) is 12.2. The van der Waals surface area contributed by atoms with Gasteiger partial charge in [0.25, 0.3) is 0 Å². The highest BCUT2D eigenvalue weighted by Crippen LogP contribution is 2.09. The Hall–Kier alpha value is -1.14. The summed E-state index contributed by atoms with van der Waals surface area (Å²) < 4.78 is 5.18. The normalized spacial score (nSPS) is 23.2. The average Bonchev–Trinajstić information content (AvgIpc) is 2.74. The molecule has 0 saturated carbocycles. The van der Waals surface area contributed by atoms with Crippen LogP contribution in [0.1, 0.15) is 33.6 Å². The van der Waals surface area contributed by atoms with E-state index in [2.05, 4.69) is 16.0 Å². The molecular weight excluding hydrogens is 246 g/mol. The van der Waals surface area contributed by atoms with E-state index in [0.29, 0.717) is 25.9 Å². The molecule has 1 rings (SSSR count). The Kier molecular flexibility index (Phi) is 5.75. The first-order valence-corrected chi connectivity index (χ1v) is 6.66. The molecule has 6 heteroatoms. The molecule has 3 N–H and O–H groups in total. The molecule has 0 aromatic rings. The third-order valence-electron chi connectivity index (χ3n) is 2.91. The van der Waals surface area contributed by atoms with Gasteiger partial charge in [-0.2, -0.15) is 0 Å². The lowest BCUT2D eigenvalue weighted by molar-refractivity contribution is -0.124. The Morgan fingerprint density at radius 3 is 2.58 bits per heavy atom. The van der Waals surface area contributed by atoms with Gasteiger partial charge in [-0.05, 0) is 27.2 Å². The molecule has 0 aromatic carbocycles. The summed E-state index contributed by atoms with van der Waals surface area (Å²) in [4.78, 5) is 23.4. The third kappa shape index (κ3) is 6.02. The van der Waals surface area contributed by atoms with Crippen LogP contribution in [0.4, 0.5) is 0 Å².